The van der Waals surface area contributed by atoms with Crippen molar-refractivity contribution in [2.75, 3.05) is 19.6 Å². The molecule has 0 spiro atoms. The predicted molar refractivity (Wildman–Crippen MR) is 79.8 cm³/mol. The number of hydrogen-bond donors (Lipinski definition) is 1. The number of hydrogen-bond acceptors (Lipinski definition) is 4. The van der Waals surface area contributed by atoms with Crippen LogP contribution in [0, 0.1) is 0 Å². The lowest BCUT2D eigenvalue weighted by Crippen LogP contribution is -2.51. The van der Waals surface area contributed by atoms with E-state index in [1.54, 1.807) is 4.90 Å². The Kier molecular flexibility index (Phi) is 4.76. The van der Waals surface area contributed by atoms with Crippen LogP contribution < -0.4 is 5.73 Å². The molecule has 0 aromatic rings. The average molecular weight is 297 g/mol. The minimum Gasteiger partial charge on any atom is -0.444 e. The first-order chi connectivity index (χ1) is 9.81. The van der Waals surface area contributed by atoms with Crippen molar-refractivity contribution >= 4 is 12.0 Å². The van der Waals surface area contributed by atoms with Gasteiger partial charge in [-0.3, -0.25) is 4.79 Å². The van der Waals surface area contributed by atoms with Gasteiger partial charge in [-0.05, 0) is 46.5 Å². The van der Waals surface area contributed by atoms with Crippen LogP contribution in [-0.2, 0) is 9.53 Å². The summed E-state index contributed by atoms with van der Waals surface area (Å²) in [4.78, 5) is 27.7. The van der Waals surface area contributed by atoms with E-state index in [2.05, 4.69) is 0 Å². The molecule has 2 rings (SSSR count). The second kappa shape index (κ2) is 6.22. The topological polar surface area (TPSA) is 75.9 Å². The zero-order valence-electron chi connectivity index (χ0n) is 13.3. The van der Waals surface area contributed by atoms with Gasteiger partial charge in [0.15, 0.2) is 0 Å². The Morgan fingerprint density at radius 2 is 1.67 bits per heavy atom. The molecule has 2 fully saturated rings. The highest BCUT2D eigenvalue weighted by Gasteiger charge is 2.40. The first-order valence-corrected chi connectivity index (χ1v) is 7.81. The molecule has 1 saturated carbocycles. The number of nitrogens with two attached hydrogens (primary N) is 1. The van der Waals surface area contributed by atoms with Crippen LogP contribution in [0.25, 0.3) is 0 Å². The molecule has 0 unspecified atom stereocenters. The SMILES string of the molecule is CC(C)(C)OC(=O)N(C1CC1)C1CCN(C(=O)CN)CC1. The van der Waals surface area contributed by atoms with Gasteiger partial charge in [0.2, 0.25) is 5.91 Å². The minimum absolute atomic E-state index is 0.0105. The summed E-state index contributed by atoms with van der Waals surface area (Å²) in [6.07, 6.45) is 3.51. The summed E-state index contributed by atoms with van der Waals surface area (Å²) in [6.45, 7) is 7.07. The highest BCUT2D eigenvalue weighted by Crippen LogP contribution is 2.33. The monoisotopic (exact) mass is 297 g/mol. The molecular formula is C15H27N3O3. The van der Waals surface area contributed by atoms with Crippen molar-refractivity contribution in [3.63, 3.8) is 0 Å². The van der Waals surface area contributed by atoms with Crippen molar-refractivity contribution in [2.45, 2.75) is 64.1 Å². The van der Waals surface area contributed by atoms with Gasteiger partial charge in [-0.15, -0.1) is 0 Å². The number of piperidine rings is 1. The van der Waals surface area contributed by atoms with E-state index in [1.165, 1.54) is 0 Å². The summed E-state index contributed by atoms with van der Waals surface area (Å²) in [5.74, 6) is -0.0105. The Morgan fingerprint density at radius 3 is 2.10 bits per heavy atom. The molecule has 1 saturated heterocycles. The molecule has 1 aliphatic carbocycles. The quantitative estimate of drug-likeness (QED) is 0.853. The summed E-state index contributed by atoms with van der Waals surface area (Å²) in [7, 11) is 0. The van der Waals surface area contributed by atoms with Crippen molar-refractivity contribution in [1.82, 2.24) is 9.80 Å². The third-order valence-corrected chi connectivity index (χ3v) is 3.93. The zero-order chi connectivity index (χ0) is 15.6. The van der Waals surface area contributed by atoms with Gasteiger partial charge in [-0.1, -0.05) is 0 Å². The van der Waals surface area contributed by atoms with Gasteiger partial charge >= 0.3 is 6.09 Å². The third kappa shape index (κ3) is 4.33. The highest BCUT2D eigenvalue weighted by atomic mass is 16.6. The molecule has 1 aliphatic heterocycles. The molecule has 0 aromatic heterocycles. The summed E-state index contributed by atoms with van der Waals surface area (Å²) >= 11 is 0. The van der Waals surface area contributed by atoms with Crippen LogP contribution in [0.3, 0.4) is 0 Å². The molecule has 0 aromatic carbocycles. The van der Waals surface area contributed by atoms with E-state index in [4.69, 9.17) is 10.5 Å². The van der Waals surface area contributed by atoms with E-state index in [0.717, 1.165) is 25.7 Å². The molecular weight excluding hydrogens is 270 g/mol. The summed E-state index contributed by atoms with van der Waals surface area (Å²) in [6, 6.07) is 0.496. The Bertz CT molecular complexity index is 393. The highest BCUT2D eigenvalue weighted by molar-refractivity contribution is 5.78. The molecule has 21 heavy (non-hydrogen) atoms. The Balaban J connectivity index is 1.94. The maximum Gasteiger partial charge on any atom is 0.410 e. The molecule has 2 N–H and O–H groups in total. The van der Waals surface area contributed by atoms with Crippen LogP contribution in [0.5, 0.6) is 0 Å². The zero-order valence-corrected chi connectivity index (χ0v) is 13.3. The lowest BCUT2D eigenvalue weighted by atomic mass is 10.0. The fourth-order valence-electron chi connectivity index (χ4n) is 2.79. The number of rotatable bonds is 3. The van der Waals surface area contributed by atoms with Crippen molar-refractivity contribution in [3.8, 4) is 0 Å². The molecule has 6 nitrogen and oxygen atoms in total. The van der Waals surface area contributed by atoms with Gasteiger partial charge in [0.05, 0.1) is 6.54 Å². The smallest absolute Gasteiger partial charge is 0.410 e. The first-order valence-electron chi connectivity index (χ1n) is 7.81. The lowest BCUT2D eigenvalue weighted by molar-refractivity contribution is -0.131. The van der Waals surface area contributed by atoms with Gasteiger partial charge in [0.1, 0.15) is 5.60 Å². The Hall–Kier alpha value is -1.30. The molecule has 0 bridgehead atoms. The van der Waals surface area contributed by atoms with Gasteiger partial charge in [-0.2, -0.15) is 0 Å². The largest absolute Gasteiger partial charge is 0.444 e. The third-order valence-electron chi connectivity index (χ3n) is 3.93. The van der Waals surface area contributed by atoms with Crippen molar-refractivity contribution < 1.29 is 14.3 Å². The van der Waals surface area contributed by atoms with Gasteiger partial charge < -0.3 is 20.3 Å². The second-order valence-electron chi connectivity index (χ2n) is 6.93. The first kappa shape index (κ1) is 16.1. The number of ether oxygens (including phenoxy) is 1. The molecule has 120 valence electrons. The van der Waals surface area contributed by atoms with Crippen molar-refractivity contribution in [1.29, 1.82) is 0 Å². The van der Waals surface area contributed by atoms with Crippen LogP contribution in [0.15, 0.2) is 0 Å². The fourth-order valence-corrected chi connectivity index (χ4v) is 2.79. The van der Waals surface area contributed by atoms with Crippen LogP contribution in [0.1, 0.15) is 46.5 Å². The van der Waals surface area contributed by atoms with Crippen LogP contribution in [-0.4, -0.2) is 59.1 Å². The molecule has 6 heteroatoms. The second-order valence-corrected chi connectivity index (χ2v) is 6.93. The normalized spacial score (nSPS) is 20.3. The maximum atomic E-state index is 12.4. The minimum atomic E-state index is -0.472. The number of likely N-dealkylation sites (tertiary alicyclic amines) is 1. The van der Waals surface area contributed by atoms with E-state index >= 15 is 0 Å². The average Bonchev–Trinajstić information content (AvgIpc) is 3.21. The maximum absolute atomic E-state index is 12.4. The van der Waals surface area contributed by atoms with Gasteiger partial charge in [0.25, 0.3) is 0 Å². The van der Waals surface area contributed by atoms with Crippen LogP contribution >= 0.6 is 0 Å². The van der Waals surface area contributed by atoms with Crippen LogP contribution in [0.4, 0.5) is 4.79 Å². The number of carbonyl (C=O) groups excluding carboxylic acids is 2. The standard InChI is InChI=1S/C15H27N3O3/c1-15(2,3)21-14(20)18(11-4-5-11)12-6-8-17(9-7-12)13(19)10-16/h11-12H,4-10,16H2,1-3H3. The van der Waals surface area contributed by atoms with E-state index in [1.807, 2.05) is 25.7 Å². The van der Waals surface area contributed by atoms with Crippen molar-refractivity contribution in [3.05, 3.63) is 0 Å². The van der Waals surface area contributed by atoms with Gasteiger partial charge in [-0.25, -0.2) is 4.79 Å². The number of carbonyl (C=O) groups is 2. The molecule has 1 heterocycles. The summed E-state index contributed by atoms with van der Waals surface area (Å²) < 4.78 is 5.54. The van der Waals surface area contributed by atoms with E-state index < -0.39 is 5.60 Å². The summed E-state index contributed by atoms with van der Waals surface area (Å²) in [5, 5.41) is 0. The molecule has 2 amide bonds. The summed E-state index contributed by atoms with van der Waals surface area (Å²) in [5.41, 5.74) is 4.93. The van der Waals surface area contributed by atoms with Gasteiger partial charge in [0, 0.05) is 25.2 Å². The van der Waals surface area contributed by atoms with Crippen molar-refractivity contribution in [2.24, 2.45) is 5.73 Å². The molecule has 0 radical (unpaired) electrons. The molecule has 2 aliphatic rings. The van der Waals surface area contributed by atoms with E-state index in [9.17, 15) is 9.59 Å². The Labute approximate surface area is 126 Å². The fraction of sp³-hybridized carbons (Fsp3) is 0.867. The Morgan fingerprint density at radius 1 is 1.14 bits per heavy atom. The van der Waals surface area contributed by atoms with E-state index in [0.29, 0.717) is 19.1 Å². The molecule has 0 atom stereocenters. The number of nitrogens with zero attached hydrogens (tertiary/aromatic N) is 2. The van der Waals surface area contributed by atoms with E-state index in [-0.39, 0.29) is 24.6 Å². The lowest BCUT2D eigenvalue weighted by Gasteiger charge is -2.39. The number of amides is 2. The van der Waals surface area contributed by atoms with Crippen LogP contribution in [0.2, 0.25) is 0 Å². The predicted octanol–water partition coefficient (Wildman–Crippen LogP) is 1.34.